The van der Waals surface area contributed by atoms with E-state index in [-0.39, 0.29) is 6.54 Å². The molecule has 0 spiro atoms. The first-order valence-corrected chi connectivity index (χ1v) is 6.58. The van der Waals surface area contributed by atoms with Crippen molar-refractivity contribution in [3.8, 4) is 0 Å². The van der Waals surface area contributed by atoms with Crippen molar-refractivity contribution in [1.29, 1.82) is 0 Å². The van der Waals surface area contributed by atoms with Crippen LogP contribution in [0.5, 0.6) is 0 Å². The molecule has 0 saturated carbocycles. The number of imide groups is 1. The smallest absolute Gasteiger partial charge is 0.316 e. The van der Waals surface area contributed by atoms with Crippen molar-refractivity contribution < 1.29 is 22.8 Å². The van der Waals surface area contributed by atoms with Crippen LogP contribution in [0.2, 0.25) is 0 Å². The van der Waals surface area contributed by atoms with Crippen LogP contribution in [0.3, 0.4) is 0 Å². The van der Waals surface area contributed by atoms with E-state index in [1.54, 1.807) is 12.2 Å². The Hall–Kier alpha value is -2.39. The number of nitrogens with zero attached hydrogens (tertiary/aromatic N) is 3. The number of nitrogens with one attached hydrogen (secondary N) is 2. The first kappa shape index (κ1) is 16.0. The van der Waals surface area contributed by atoms with Gasteiger partial charge in [-0.15, -0.1) is 0 Å². The van der Waals surface area contributed by atoms with Gasteiger partial charge in [-0.25, -0.2) is 14.8 Å². The van der Waals surface area contributed by atoms with Crippen LogP contribution in [0, 0.1) is 0 Å². The number of unbranched alkanes of at least 4 members (excludes halogenated alkanes) is 1. The summed E-state index contributed by atoms with van der Waals surface area (Å²) in [7, 11) is 0. The van der Waals surface area contributed by atoms with Crippen LogP contribution in [0.25, 0.3) is 0 Å². The van der Waals surface area contributed by atoms with Gasteiger partial charge in [0.25, 0.3) is 11.6 Å². The van der Waals surface area contributed by atoms with Crippen molar-refractivity contribution in [2.75, 3.05) is 11.9 Å². The maximum atomic E-state index is 13.4. The van der Waals surface area contributed by atoms with Crippen molar-refractivity contribution in [3.05, 3.63) is 18.5 Å². The van der Waals surface area contributed by atoms with Gasteiger partial charge in [-0.1, -0.05) is 13.3 Å². The third-order valence-corrected chi connectivity index (χ3v) is 3.13. The highest BCUT2D eigenvalue weighted by atomic mass is 19.4. The highest BCUT2D eigenvalue weighted by Crippen LogP contribution is 2.35. The number of aromatic nitrogens is 2. The topological polar surface area (TPSA) is 87.2 Å². The third kappa shape index (κ3) is 2.68. The van der Waals surface area contributed by atoms with Crippen LogP contribution in [-0.2, 0) is 4.79 Å². The summed E-state index contributed by atoms with van der Waals surface area (Å²) in [6, 6.07) is 0.313. The maximum Gasteiger partial charge on any atom is 0.440 e. The number of hydrogen-bond donors (Lipinski definition) is 2. The van der Waals surface area contributed by atoms with Crippen molar-refractivity contribution in [2.24, 2.45) is 0 Å². The second-order valence-corrected chi connectivity index (χ2v) is 4.69. The van der Waals surface area contributed by atoms with Gasteiger partial charge >= 0.3 is 12.2 Å². The summed E-state index contributed by atoms with van der Waals surface area (Å²) in [5.74, 6) is -1.82. The highest BCUT2D eigenvalue weighted by molar-refractivity contribution is 6.08. The second-order valence-electron chi connectivity index (χ2n) is 4.69. The number of hydrogen-bond acceptors (Lipinski definition) is 5. The molecule has 1 aromatic heterocycles. The molecule has 1 atom stereocenters. The van der Waals surface area contributed by atoms with E-state index in [0.29, 0.717) is 17.7 Å². The number of alkyl halides is 3. The van der Waals surface area contributed by atoms with E-state index in [0.717, 1.165) is 0 Å². The largest absolute Gasteiger partial charge is 0.440 e. The molecule has 1 saturated heterocycles. The summed E-state index contributed by atoms with van der Waals surface area (Å²) in [5, 5.41) is 3.60. The van der Waals surface area contributed by atoms with Crippen LogP contribution >= 0.6 is 0 Å². The molecule has 1 aliphatic rings. The Bertz CT molecular complexity index is 566. The average molecular weight is 317 g/mol. The molecule has 7 nitrogen and oxygen atoms in total. The van der Waals surface area contributed by atoms with Crippen LogP contribution < -0.4 is 10.6 Å². The molecule has 2 rings (SSSR count). The summed E-state index contributed by atoms with van der Waals surface area (Å²) < 4.78 is 40.3. The lowest BCUT2D eigenvalue weighted by Gasteiger charge is -2.29. The molecule has 2 N–H and O–H groups in total. The van der Waals surface area contributed by atoms with Crippen LogP contribution in [0.15, 0.2) is 18.5 Å². The lowest BCUT2D eigenvalue weighted by molar-refractivity contribution is -0.188. The number of carbonyl (C=O) groups excluding carboxylic acids is 2. The molecular formula is C12H14F3N5O2. The molecule has 1 aromatic rings. The van der Waals surface area contributed by atoms with Crippen molar-refractivity contribution in [2.45, 2.75) is 31.6 Å². The number of halogens is 3. The SMILES string of the molecule is CCCCN1C(=O)N[C@](Nc2ncccn2)(C(F)(F)F)C1=O. The standard InChI is InChI=1S/C12H14F3N5O2/c1-2-3-7-20-8(21)11(12(13,14)15,19-10(20)22)18-9-16-5-4-6-17-9/h4-6H,2-3,7H2,1H3,(H,19,22)(H,16,17,18)/t11-/m0/s1. The molecule has 10 heteroatoms. The Morgan fingerprint density at radius 2 is 1.95 bits per heavy atom. The van der Waals surface area contributed by atoms with Crippen molar-refractivity contribution in [3.63, 3.8) is 0 Å². The summed E-state index contributed by atoms with van der Waals surface area (Å²) in [6.45, 7) is 1.71. The van der Waals surface area contributed by atoms with Gasteiger partial charge in [0.15, 0.2) is 0 Å². The van der Waals surface area contributed by atoms with Crippen LogP contribution in [0.4, 0.5) is 23.9 Å². The fourth-order valence-corrected chi connectivity index (χ4v) is 1.97. The molecular weight excluding hydrogens is 303 g/mol. The normalized spacial score (nSPS) is 21.9. The van der Waals surface area contributed by atoms with Gasteiger partial charge < -0.3 is 5.32 Å². The highest BCUT2D eigenvalue weighted by Gasteiger charge is 2.68. The quantitative estimate of drug-likeness (QED) is 0.804. The number of anilines is 1. The fourth-order valence-electron chi connectivity index (χ4n) is 1.97. The van der Waals surface area contributed by atoms with Gasteiger partial charge in [0.1, 0.15) is 0 Å². The predicted molar refractivity (Wildman–Crippen MR) is 69.6 cm³/mol. The van der Waals surface area contributed by atoms with Gasteiger partial charge in [-0.2, -0.15) is 13.2 Å². The van der Waals surface area contributed by atoms with Crippen molar-refractivity contribution in [1.82, 2.24) is 20.2 Å². The van der Waals surface area contributed by atoms with E-state index in [2.05, 4.69) is 9.97 Å². The molecule has 0 aromatic carbocycles. The molecule has 0 unspecified atom stereocenters. The first-order valence-electron chi connectivity index (χ1n) is 6.58. The van der Waals surface area contributed by atoms with Gasteiger partial charge in [-0.3, -0.25) is 15.0 Å². The zero-order valence-corrected chi connectivity index (χ0v) is 11.6. The molecule has 0 radical (unpaired) electrons. The summed E-state index contributed by atoms with van der Waals surface area (Å²) in [6.07, 6.45) is -1.58. The Morgan fingerprint density at radius 3 is 2.50 bits per heavy atom. The number of amides is 3. The minimum absolute atomic E-state index is 0.0870. The molecule has 1 aliphatic heterocycles. The van der Waals surface area contributed by atoms with Gasteiger partial charge in [0, 0.05) is 18.9 Å². The zero-order chi connectivity index (χ0) is 16.4. The van der Waals surface area contributed by atoms with E-state index >= 15 is 0 Å². The Labute approximate surface area is 123 Å². The predicted octanol–water partition coefficient (Wildman–Crippen LogP) is 1.50. The Balaban J connectivity index is 2.35. The number of carbonyl (C=O) groups is 2. The van der Waals surface area contributed by atoms with Gasteiger partial charge in [-0.05, 0) is 12.5 Å². The zero-order valence-electron chi connectivity index (χ0n) is 11.6. The van der Waals surface area contributed by atoms with Crippen LogP contribution in [0.1, 0.15) is 19.8 Å². The first-order chi connectivity index (χ1) is 10.3. The summed E-state index contributed by atoms with van der Waals surface area (Å²) in [5.41, 5.74) is -3.25. The molecule has 120 valence electrons. The molecule has 1 fully saturated rings. The van der Waals surface area contributed by atoms with E-state index in [1.807, 2.05) is 5.32 Å². The average Bonchev–Trinajstić information content (AvgIpc) is 2.70. The molecule has 0 aliphatic carbocycles. The Morgan fingerprint density at radius 1 is 1.32 bits per heavy atom. The Kier molecular flexibility index (Phi) is 4.20. The van der Waals surface area contributed by atoms with E-state index < -0.39 is 29.7 Å². The lowest BCUT2D eigenvalue weighted by atomic mass is 10.1. The second kappa shape index (κ2) is 5.78. The van der Waals surface area contributed by atoms with E-state index in [1.165, 1.54) is 18.5 Å². The minimum atomic E-state index is -5.06. The van der Waals surface area contributed by atoms with E-state index in [4.69, 9.17) is 0 Å². The number of rotatable bonds is 5. The summed E-state index contributed by atoms with van der Waals surface area (Å²) in [4.78, 5) is 31.7. The molecule has 3 amide bonds. The molecule has 0 bridgehead atoms. The van der Waals surface area contributed by atoms with Crippen molar-refractivity contribution >= 4 is 17.9 Å². The van der Waals surface area contributed by atoms with Gasteiger partial charge in [0.2, 0.25) is 5.95 Å². The number of urea groups is 1. The fraction of sp³-hybridized carbons (Fsp3) is 0.500. The van der Waals surface area contributed by atoms with Crippen LogP contribution in [-0.4, -0.2) is 45.2 Å². The lowest BCUT2D eigenvalue weighted by Crippen LogP contribution is -2.64. The monoisotopic (exact) mass is 317 g/mol. The van der Waals surface area contributed by atoms with E-state index in [9.17, 15) is 22.8 Å². The third-order valence-electron chi connectivity index (χ3n) is 3.13. The van der Waals surface area contributed by atoms with Gasteiger partial charge in [0.05, 0.1) is 0 Å². The maximum absolute atomic E-state index is 13.4. The molecule has 22 heavy (non-hydrogen) atoms. The summed E-state index contributed by atoms with van der Waals surface area (Å²) >= 11 is 0. The minimum Gasteiger partial charge on any atom is -0.316 e. The molecule has 2 heterocycles.